The Morgan fingerprint density at radius 1 is 1.21 bits per heavy atom. The van der Waals surface area contributed by atoms with Gasteiger partial charge in [0.2, 0.25) is 0 Å². The summed E-state index contributed by atoms with van der Waals surface area (Å²) in [6.07, 6.45) is 12.0. The molecule has 2 nitrogen and oxygen atoms in total. The molecule has 0 aliphatic rings. The van der Waals surface area contributed by atoms with E-state index >= 15 is 0 Å². The van der Waals surface area contributed by atoms with Crippen molar-refractivity contribution < 1.29 is 9.53 Å². The van der Waals surface area contributed by atoms with Gasteiger partial charge in [-0.05, 0) is 30.8 Å². The molecule has 0 radical (unpaired) electrons. The number of ether oxygens (including phenoxy) is 1. The van der Waals surface area contributed by atoms with E-state index in [1.807, 2.05) is 13.0 Å². The molecule has 0 heterocycles. The summed E-state index contributed by atoms with van der Waals surface area (Å²) in [5.41, 5.74) is 0.943. The van der Waals surface area contributed by atoms with E-state index in [-0.39, 0.29) is 5.97 Å². The largest absolute Gasteiger partial charge is 0.466 e. The van der Waals surface area contributed by atoms with Crippen LogP contribution in [0.2, 0.25) is 0 Å². The Balaban J connectivity index is 3.86. The Bertz CT molecular complexity index is 302. The molecule has 0 aromatic heterocycles. The first-order chi connectivity index (χ1) is 8.99. The molecule has 0 aliphatic carbocycles. The van der Waals surface area contributed by atoms with Crippen molar-refractivity contribution >= 4 is 5.97 Å². The number of hydrogen-bond donors (Lipinski definition) is 0. The van der Waals surface area contributed by atoms with Crippen LogP contribution in [-0.2, 0) is 9.53 Å². The van der Waals surface area contributed by atoms with Crippen LogP contribution in [0.15, 0.2) is 23.8 Å². The molecule has 0 spiro atoms. The summed E-state index contributed by atoms with van der Waals surface area (Å²) in [5, 5.41) is 0. The second kappa shape index (κ2) is 10.8. The van der Waals surface area contributed by atoms with Gasteiger partial charge < -0.3 is 4.74 Å². The van der Waals surface area contributed by atoms with Crippen LogP contribution in [-0.4, -0.2) is 13.1 Å². The number of carbonyl (C=O) groups excluding carboxylic acids is 1. The molecule has 0 saturated carbocycles. The van der Waals surface area contributed by atoms with Crippen molar-refractivity contribution in [2.75, 3.05) is 7.11 Å². The lowest BCUT2D eigenvalue weighted by atomic mass is 9.95. The average Bonchev–Trinajstić information content (AvgIpc) is 2.38. The van der Waals surface area contributed by atoms with Gasteiger partial charge in [-0.15, -0.1) is 0 Å². The maximum atomic E-state index is 11.0. The third-order valence-corrected chi connectivity index (χ3v) is 3.56. The highest BCUT2D eigenvalue weighted by atomic mass is 16.5. The van der Waals surface area contributed by atoms with Crippen molar-refractivity contribution in [2.45, 2.75) is 59.8 Å². The number of methoxy groups -OCH3 is 1. The van der Waals surface area contributed by atoms with Gasteiger partial charge in [-0.25, -0.2) is 4.79 Å². The van der Waals surface area contributed by atoms with E-state index in [0.29, 0.717) is 5.92 Å². The van der Waals surface area contributed by atoms with Crippen LogP contribution >= 0.6 is 0 Å². The predicted octanol–water partition coefficient (Wildman–Crippen LogP) is 4.90. The minimum atomic E-state index is -0.288. The number of esters is 1. The first-order valence-electron chi connectivity index (χ1n) is 7.42. The standard InChI is InChI=1S/C17H30O2/c1-6-14(2)9-7-10-15(3)11-8-12-16(4)13-17(18)19-5/h8,12-15H,6-7,9-11H2,1-5H3. The normalized spacial score (nSPS) is 15.5. The first kappa shape index (κ1) is 17.9. The van der Waals surface area contributed by atoms with E-state index in [2.05, 4.69) is 31.6 Å². The minimum Gasteiger partial charge on any atom is -0.466 e. The molecule has 0 aromatic rings. The number of rotatable bonds is 9. The zero-order valence-electron chi connectivity index (χ0n) is 13.2. The summed E-state index contributed by atoms with van der Waals surface area (Å²) in [6, 6.07) is 0. The van der Waals surface area contributed by atoms with Crippen LogP contribution in [0.25, 0.3) is 0 Å². The van der Waals surface area contributed by atoms with Crippen molar-refractivity contribution in [3.05, 3.63) is 23.8 Å². The molecule has 0 saturated heterocycles. The molecule has 0 rings (SSSR count). The number of hydrogen-bond acceptors (Lipinski definition) is 2. The number of allylic oxidation sites excluding steroid dienone is 3. The highest BCUT2D eigenvalue weighted by Gasteiger charge is 2.02. The van der Waals surface area contributed by atoms with Crippen LogP contribution in [0.1, 0.15) is 59.8 Å². The Morgan fingerprint density at radius 3 is 2.42 bits per heavy atom. The van der Waals surface area contributed by atoms with Gasteiger partial charge in [0.15, 0.2) is 0 Å². The van der Waals surface area contributed by atoms with Gasteiger partial charge in [-0.2, -0.15) is 0 Å². The zero-order valence-corrected chi connectivity index (χ0v) is 13.2. The molecule has 2 unspecified atom stereocenters. The predicted molar refractivity (Wildman–Crippen MR) is 82.0 cm³/mol. The maximum absolute atomic E-state index is 11.0. The first-order valence-corrected chi connectivity index (χ1v) is 7.42. The summed E-state index contributed by atoms with van der Waals surface area (Å²) >= 11 is 0. The average molecular weight is 266 g/mol. The third kappa shape index (κ3) is 10.5. The van der Waals surface area contributed by atoms with Gasteiger partial charge >= 0.3 is 5.97 Å². The molecule has 110 valence electrons. The molecule has 2 heteroatoms. The fourth-order valence-electron chi connectivity index (χ4n) is 1.92. The van der Waals surface area contributed by atoms with Crippen LogP contribution in [0, 0.1) is 11.8 Å². The summed E-state index contributed by atoms with van der Waals surface area (Å²) in [6.45, 7) is 8.79. The van der Waals surface area contributed by atoms with Crippen molar-refractivity contribution in [1.29, 1.82) is 0 Å². The van der Waals surface area contributed by atoms with Gasteiger partial charge in [-0.3, -0.25) is 0 Å². The van der Waals surface area contributed by atoms with Crippen molar-refractivity contribution in [1.82, 2.24) is 0 Å². The monoisotopic (exact) mass is 266 g/mol. The van der Waals surface area contributed by atoms with Gasteiger partial charge in [0.05, 0.1) is 7.11 Å². The Kier molecular flexibility index (Phi) is 10.2. The van der Waals surface area contributed by atoms with E-state index < -0.39 is 0 Å². The molecule has 0 bridgehead atoms. The summed E-state index contributed by atoms with van der Waals surface area (Å²) < 4.78 is 4.59. The highest BCUT2D eigenvalue weighted by Crippen LogP contribution is 2.17. The van der Waals surface area contributed by atoms with E-state index in [4.69, 9.17) is 0 Å². The van der Waals surface area contributed by atoms with Crippen molar-refractivity contribution in [3.8, 4) is 0 Å². The van der Waals surface area contributed by atoms with E-state index in [9.17, 15) is 4.79 Å². The van der Waals surface area contributed by atoms with E-state index in [0.717, 1.165) is 17.9 Å². The molecular weight excluding hydrogens is 236 g/mol. The van der Waals surface area contributed by atoms with Crippen LogP contribution in [0.5, 0.6) is 0 Å². The maximum Gasteiger partial charge on any atom is 0.330 e. The highest BCUT2D eigenvalue weighted by molar-refractivity contribution is 5.83. The van der Waals surface area contributed by atoms with Gasteiger partial charge in [0.1, 0.15) is 0 Å². The quantitative estimate of drug-likeness (QED) is 0.337. The second-order valence-electron chi connectivity index (χ2n) is 5.60. The summed E-state index contributed by atoms with van der Waals surface area (Å²) in [7, 11) is 1.40. The Labute approximate surface area is 118 Å². The van der Waals surface area contributed by atoms with E-state index in [1.54, 1.807) is 0 Å². The van der Waals surface area contributed by atoms with Crippen LogP contribution in [0.3, 0.4) is 0 Å². The molecule has 19 heavy (non-hydrogen) atoms. The Hall–Kier alpha value is -1.05. The van der Waals surface area contributed by atoms with Gasteiger partial charge in [-0.1, -0.05) is 58.6 Å². The summed E-state index contributed by atoms with van der Waals surface area (Å²) in [4.78, 5) is 11.0. The fraction of sp³-hybridized carbons (Fsp3) is 0.706. The van der Waals surface area contributed by atoms with E-state index in [1.165, 1.54) is 38.9 Å². The molecule has 0 N–H and O–H groups in total. The number of carbonyl (C=O) groups is 1. The van der Waals surface area contributed by atoms with Crippen molar-refractivity contribution in [2.24, 2.45) is 11.8 Å². The van der Waals surface area contributed by atoms with Gasteiger partial charge in [0, 0.05) is 6.08 Å². The smallest absolute Gasteiger partial charge is 0.330 e. The molecule has 0 amide bonds. The minimum absolute atomic E-state index is 0.288. The molecule has 2 atom stereocenters. The summed E-state index contributed by atoms with van der Waals surface area (Å²) in [5.74, 6) is 1.28. The van der Waals surface area contributed by atoms with Crippen LogP contribution < -0.4 is 0 Å². The SMILES string of the molecule is CCC(C)CCCC(C)CC=CC(C)=CC(=O)OC. The zero-order chi connectivity index (χ0) is 14.7. The molecular formula is C17H30O2. The van der Waals surface area contributed by atoms with Crippen molar-refractivity contribution in [3.63, 3.8) is 0 Å². The lowest BCUT2D eigenvalue weighted by Crippen LogP contribution is -1.97. The van der Waals surface area contributed by atoms with Gasteiger partial charge in [0.25, 0.3) is 0 Å². The second-order valence-corrected chi connectivity index (χ2v) is 5.60. The van der Waals surface area contributed by atoms with Crippen LogP contribution in [0.4, 0.5) is 0 Å². The molecule has 0 fully saturated rings. The molecule has 0 aliphatic heterocycles. The third-order valence-electron chi connectivity index (χ3n) is 3.56. The Morgan fingerprint density at radius 2 is 1.84 bits per heavy atom. The lowest BCUT2D eigenvalue weighted by molar-refractivity contribution is -0.134. The topological polar surface area (TPSA) is 26.3 Å². The molecule has 0 aromatic carbocycles. The lowest BCUT2D eigenvalue weighted by Gasteiger charge is -2.11. The fourth-order valence-corrected chi connectivity index (χ4v) is 1.92.